The Morgan fingerprint density at radius 1 is 1.59 bits per heavy atom. The average Bonchev–Trinajstić information content (AvgIpc) is 2.34. The lowest BCUT2D eigenvalue weighted by atomic mass is 10.0. The van der Waals surface area contributed by atoms with Crippen molar-refractivity contribution in [1.82, 2.24) is 5.32 Å². The summed E-state index contributed by atoms with van der Waals surface area (Å²) in [5.74, 6) is -0.562. The molecule has 5 heteroatoms. The first-order valence-corrected chi connectivity index (χ1v) is 5.83. The number of ether oxygens (including phenoxy) is 1. The summed E-state index contributed by atoms with van der Waals surface area (Å²) in [4.78, 5) is 11.8. The van der Waals surface area contributed by atoms with E-state index in [1.54, 1.807) is 6.07 Å². The van der Waals surface area contributed by atoms with E-state index < -0.39 is 11.9 Å². The van der Waals surface area contributed by atoms with E-state index in [0.717, 1.165) is 6.54 Å². The molecule has 92 valence electrons. The number of rotatable bonds is 3. The molecule has 1 N–H and O–H groups in total. The van der Waals surface area contributed by atoms with Gasteiger partial charge in [0.1, 0.15) is 11.9 Å². The number of ketones is 1. The Balaban J connectivity index is 2.02. The average molecular weight is 258 g/mol. The molecule has 1 heterocycles. The van der Waals surface area contributed by atoms with Gasteiger partial charge in [0.05, 0.1) is 6.61 Å². The number of hydrogen-bond acceptors (Lipinski definition) is 3. The monoisotopic (exact) mass is 257 g/mol. The van der Waals surface area contributed by atoms with Crippen LogP contribution in [0.3, 0.4) is 0 Å². The molecule has 0 bridgehead atoms. The minimum Gasteiger partial charge on any atom is -0.368 e. The standard InChI is InChI=1S/C12H13ClFNO2/c13-9-2-1-8(10(14)6-9)5-11(16)12-7-15-3-4-17-12/h1-2,6,12,15H,3-5,7H2. The summed E-state index contributed by atoms with van der Waals surface area (Å²) in [6.07, 6.45) is -0.436. The van der Waals surface area contributed by atoms with Gasteiger partial charge in [0.15, 0.2) is 5.78 Å². The van der Waals surface area contributed by atoms with Gasteiger partial charge in [0, 0.05) is 24.5 Å². The largest absolute Gasteiger partial charge is 0.368 e. The van der Waals surface area contributed by atoms with Crippen molar-refractivity contribution in [3.05, 3.63) is 34.6 Å². The maximum atomic E-state index is 13.5. The molecule has 1 aliphatic heterocycles. The van der Waals surface area contributed by atoms with Gasteiger partial charge >= 0.3 is 0 Å². The molecule has 0 aliphatic carbocycles. The van der Waals surface area contributed by atoms with Crippen LogP contribution in [-0.2, 0) is 16.0 Å². The molecule has 1 aromatic rings. The van der Waals surface area contributed by atoms with E-state index in [1.165, 1.54) is 12.1 Å². The molecule has 1 atom stereocenters. The Kier molecular flexibility index (Phi) is 4.10. The number of carbonyl (C=O) groups is 1. The van der Waals surface area contributed by atoms with E-state index in [-0.39, 0.29) is 12.2 Å². The molecule has 1 unspecified atom stereocenters. The fourth-order valence-electron chi connectivity index (χ4n) is 1.74. The molecular formula is C12H13ClFNO2. The van der Waals surface area contributed by atoms with Gasteiger partial charge < -0.3 is 10.1 Å². The molecule has 0 amide bonds. The van der Waals surface area contributed by atoms with Crippen LogP contribution < -0.4 is 5.32 Å². The van der Waals surface area contributed by atoms with E-state index >= 15 is 0 Å². The molecule has 1 saturated heterocycles. The van der Waals surface area contributed by atoms with Crippen molar-refractivity contribution in [2.24, 2.45) is 0 Å². The summed E-state index contributed by atoms with van der Waals surface area (Å²) < 4.78 is 18.8. The van der Waals surface area contributed by atoms with Crippen molar-refractivity contribution in [3.63, 3.8) is 0 Å². The van der Waals surface area contributed by atoms with E-state index in [2.05, 4.69) is 5.32 Å². The molecule has 2 rings (SSSR count). The normalized spacial score (nSPS) is 20.2. The van der Waals surface area contributed by atoms with Gasteiger partial charge in [-0.15, -0.1) is 0 Å². The first-order chi connectivity index (χ1) is 8.16. The number of benzene rings is 1. The molecule has 1 aliphatic rings. The van der Waals surface area contributed by atoms with Crippen LogP contribution in [0.2, 0.25) is 5.02 Å². The zero-order valence-electron chi connectivity index (χ0n) is 9.21. The minimum absolute atomic E-state index is 0.0371. The highest BCUT2D eigenvalue weighted by atomic mass is 35.5. The summed E-state index contributed by atoms with van der Waals surface area (Å²) in [5, 5.41) is 3.39. The Bertz CT molecular complexity index is 419. The van der Waals surface area contributed by atoms with Crippen LogP contribution in [0.5, 0.6) is 0 Å². The molecule has 3 nitrogen and oxygen atoms in total. The van der Waals surface area contributed by atoms with Gasteiger partial charge in [-0.05, 0) is 17.7 Å². The fourth-order valence-corrected chi connectivity index (χ4v) is 1.90. The van der Waals surface area contributed by atoms with Crippen LogP contribution in [0.1, 0.15) is 5.56 Å². The number of halogens is 2. The molecule has 1 aromatic carbocycles. The second-order valence-corrected chi connectivity index (χ2v) is 4.38. The van der Waals surface area contributed by atoms with Crippen LogP contribution in [0.4, 0.5) is 4.39 Å². The molecule has 0 radical (unpaired) electrons. The van der Waals surface area contributed by atoms with Crippen molar-refractivity contribution in [2.45, 2.75) is 12.5 Å². The smallest absolute Gasteiger partial charge is 0.167 e. The predicted molar refractivity (Wildman–Crippen MR) is 62.7 cm³/mol. The lowest BCUT2D eigenvalue weighted by Gasteiger charge is -2.22. The zero-order valence-corrected chi connectivity index (χ0v) is 9.97. The molecular weight excluding hydrogens is 245 g/mol. The van der Waals surface area contributed by atoms with Crippen LogP contribution >= 0.6 is 11.6 Å². The third kappa shape index (κ3) is 3.25. The zero-order chi connectivity index (χ0) is 12.3. The Labute approximate surface area is 104 Å². The summed E-state index contributed by atoms with van der Waals surface area (Å²) in [7, 11) is 0. The third-order valence-electron chi connectivity index (χ3n) is 2.67. The van der Waals surface area contributed by atoms with Gasteiger partial charge in [0.2, 0.25) is 0 Å². The SMILES string of the molecule is O=C(Cc1ccc(Cl)cc1F)C1CNCCO1. The van der Waals surface area contributed by atoms with E-state index in [9.17, 15) is 9.18 Å². The molecule has 0 aromatic heterocycles. The third-order valence-corrected chi connectivity index (χ3v) is 2.90. The van der Waals surface area contributed by atoms with E-state index in [4.69, 9.17) is 16.3 Å². The highest BCUT2D eigenvalue weighted by Crippen LogP contribution is 2.16. The summed E-state index contributed by atoms with van der Waals surface area (Å²) >= 11 is 5.64. The van der Waals surface area contributed by atoms with Crippen molar-refractivity contribution in [1.29, 1.82) is 0 Å². The minimum atomic E-state index is -0.473. The van der Waals surface area contributed by atoms with E-state index in [0.29, 0.717) is 23.7 Å². The van der Waals surface area contributed by atoms with Crippen LogP contribution in [0.25, 0.3) is 0 Å². The number of Topliss-reactive ketones (excluding diaryl/α,β-unsaturated/α-hetero) is 1. The Morgan fingerprint density at radius 3 is 3.06 bits per heavy atom. The highest BCUT2D eigenvalue weighted by Gasteiger charge is 2.22. The second-order valence-electron chi connectivity index (χ2n) is 3.94. The number of nitrogens with one attached hydrogen (secondary N) is 1. The van der Waals surface area contributed by atoms with Gasteiger partial charge in [-0.3, -0.25) is 4.79 Å². The predicted octanol–water partition coefficient (Wildman–Crippen LogP) is 1.58. The van der Waals surface area contributed by atoms with Gasteiger partial charge in [-0.1, -0.05) is 17.7 Å². The quantitative estimate of drug-likeness (QED) is 0.894. The van der Waals surface area contributed by atoms with Crippen molar-refractivity contribution < 1.29 is 13.9 Å². The maximum absolute atomic E-state index is 13.5. The highest BCUT2D eigenvalue weighted by molar-refractivity contribution is 6.30. The molecule has 1 fully saturated rings. The van der Waals surface area contributed by atoms with Crippen LogP contribution in [-0.4, -0.2) is 31.6 Å². The first-order valence-electron chi connectivity index (χ1n) is 5.46. The van der Waals surface area contributed by atoms with Gasteiger partial charge in [-0.2, -0.15) is 0 Å². The van der Waals surface area contributed by atoms with Gasteiger partial charge in [0.25, 0.3) is 0 Å². The topological polar surface area (TPSA) is 38.3 Å². The lowest BCUT2D eigenvalue weighted by molar-refractivity contribution is -0.131. The summed E-state index contributed by atoms with van der Waals surface area (Å²) in [6.45, 7) is 1.76. The second kappa shape index (κ2) is 5.58. The van der Waals surface area contributed by atoms with Crippen molar-refractivity contribution >= 4 is 17.4 Å². The Morgan fingerprint density at radius 2 is 2.41 bits per heavy atom. The first kappa shape index (κ1) is 12.5. The van der Waals surface area contributed by atoms with Crippen LogP contribution in [0, 0.1) is 5.82 Å². The number of hydrogen-bond donors (Lipinski definition) is 1. The fraction of sp³-hybridized carbons (Fsp3) is 0.417. The van der Waals surface area contributed by atoms with Crippen molar-refractivity contribution in [3.8, 4) is 0 Å². The van der Waals surface area contributed by atoms with E-state index in [1.807, 2.05) is 0 Å². The number of morpholine rings is 1. The molecule has 17 heavy (non-hydrogen) atoms. The summed E-state index contributed by atoms with van der Waals surface area (Å²) in [6, 6.07) is 4.32. The Hall–Kier alpha value is -0.970. The molecule has 0 spiro atoms. The lowest BCUT2D eigenvalue weighted by Crippen LogP contribution is -2.43. The maximum Gasteiger partial charge on any atom is 0.167 e. The summed E-state index contributed by atoms with van der Waals surface area (Å²) in [5.41, 5.74) is 0.355. The molecule has 0 saturated carbocycles. The van der Waals surface area contributed by atoms with Crippen LogP contribution in [0.15, 0.2) is 18.2 Å². The number of carbonyl (C=O) groups excluding carboxylic acids is 1. The van der Waals surface area contributed by atoms with Gasteiger partial charge in [-0.25, -0.2) is 4.39 Å². The van der Waals surface area contributed by atoms with Crippen molar-refractivity contribution in [2.75, 3.05) is 19.7 Å².